The highest BCUT2D eigenvalue weighted by Crippen LogP contribution is 2.31. The van der Waals surface area contributed by atoms with E-state index in [0.29, 0.717) is 24.7 Å². The second-order valence-corrected chi connectivity index (χ2v) is 6.31. The Kier molecular flexibility index (Phi) is 3.41. The van der Waals surface area contributed by atoms with Gasteiger partial charge in [0.05, 0.1) is 11.2 Å². The zero-order valence-electron chi connectivity index (χ0n) is 11.5. The summed E-state index contributed by atoms with van der Waals surface area (Å²) in [5.74, 6) is -0.552. The van der Waals surface area contributed by atoms with Gasteiger partial charge in [0.2, 0.25) is 0 Å². The number of nitrogens with zero attached hydrogens (tertiary/aromatic N) is 3. The molecule has 2 fully saturated rings. The van der Waals surface area contributed by atoms with Crippen molar-refractivity contribution in [3.63, 3.8) is 0 Å². The Morgan fingerprint density at radius 2 is 2.29 bits per heavy atom. The van der Waals surface area contributed by atoms with Crippen molar-refractivity contribution in [1.29, 1.82) is 0 Å². The normalized spacial score (nSPS) is 25.3. The lowest BCUT2D eigenvalue weighted by atomic mass is 10.0. The maximum Gasteiger partial charge on any atom is 0.325 e. The minimum Gasteiger partial charge on any atom is -0.480 e. The van der Waals surface area contributed by atoms with E-state index < -0.39 is 11.5 Å². The molecule has 1 aromatic rings. The maximum absolute atomic E-state index is 12.5. The van der Waals surface area contributed by atoms with Crippen molar-refractivity contribution in [3.8, 4) is 0 Å². The zero-order valence-corrected chi connectivity index (χ0v) is 12.2. The molecule has 7 nitrogen and oxygen atoms in total. The molecule has 1 saturated carbocycles. The third-order valence-electron chi connectivity index (χ3n) is 4.14. The van der Waals surface area contributed by atoms with Crippen LogP contribution in [0.4, 0.5) is 5.69 Å². The molecule has 1 aliphatic heterocycles. The first-order chi connectivity index (χ1) is 9.90. The summed E-state index contributed by atoms with van der Waals surface area (Å²) in [5.41, 5.74) is 4.55. The summed E-state index contributed by atoms with van der Waals surface area (Å²) >= 11 is 6.10. The van der Waals surface area contributed by atoms with E-state index in [9.17, 15) is 14.7 Å². The number of carbonyl (C=O) groups is 1. The van der Waals surface area contributed by atoms with Crippen molar-refractivity contribution in [2.24, 2.45) is 11.7 Å². The van der Waals surface area contributed by atoms with Crippen LogP contribution in [0.5, 0.6) is 0 Å². The number of nitrogens with two attached hydrogens (primary N) is 1. The highest BCUT2D eigenvalue weighted by atomic mass is 35.5. The van der Waals surface area contributed by atoms with E-state index in [1.54, 1.807) is 4.90 Å². The molecule has 8 heteroatoms. The standard InChI is InChI=1S/C13H17ClN4O3/c14-9-5-16-18(6-8-1-2-8)11(19)10(9)17-4-3-13(15,7-17)12(20)21/h5,8H,1-4,6-7,15H2,(H,20,21). The van der Waals surface area contributed by atoms with Gasteiger partial charge in [-0.1, -0.05) is 11.6 Å². The van der Waals surface area contributed by atoms with Crippen LogP contribution in [0.1, 0.15) is 19.3 Å². The van der Waals surface area contributed by atoms with Crippen LogP contribution in [0, 0.1) is 5.92 Å². The molecule has 0 bridgehead atoms. The van der Waals surface area contributed by atoms with E-state index in [0.717, 1.165) is 12.8 Å². The van der Waals surface area contributed by atoms with Crippen molar-refractivity contribution in [2.75, 3.05) is 18.0 Å². The van der Waals surface area contributed by atoms with Crippen molar-refractivity contribution >= 4 is 23.3 Å². The van der Waals surface area contributed by atoms with Crippen LogP contribution in [-0.2, 0) is 11.3 Å². The summed E-state index contributed by atoms with van der Waals surface area (Å²) in [6.07, 6.45) is 3.95. The molecule has 3 N–H and O–H groups in total. The molecule has 114 valence electrons. The summed E-state index contributed by atoms with van der Waals surface area (Å²) in [4.78, 5) is 25.4. The first-order valence-electron chi connectivity index (χ1n) is 6.93. The van der Waals surface area contributed by atoms with E-state index >= 15 is 0 Å². The van der Waals surface area contributed by atoms with Crippen LogP contribution in [0.2, 0.25) is 5.02 Å². The van der Waals surface area contributed by atoms with E-state index in [2.05, 4.69) is 5.10 Å². The van der Waals surface area contributed by atoms with Crippen LogP contribution < -0.4 is 16.2 Å². The molecule has 3 rings (SSSR count). The molecular formula is C13H17ClN4O3. The van der Waals surface area contributed by atoms with Crippen molar-refractivity contribution in [2.45, 2.75) is 31.3 Å². The van der Waals surface area contributed by atoms with Gasteiger partial charge < -0.3 is 15.7 Å². The molecule has 1 aromatic heterocycles. The molecule has 1 aliphatic carbocycles. The van der Waals surface area contributed by atoms with Crippen molar-refractivity contribution in [3.05, 3.63) is 21.6 Å². The highest BCUT2D eigenvalue weighted by molar-refractivity contribution is 6.33. The van der Waals surface area contributed by atoms with Gasteiger partial charge in [0.1, 0.15) is 11.2 Å². The number of rotatable bonds is 4. The third-order valence-corrected chi connectivity index (χ3v) is 4.42. The Hall–Kier alpha value is -1.60. The molecule has 2 aliphatic rings. The molecule has 0 amide bonds. The molecule has 0 spiro atoms. The Balaban J connectivity index is 1.91. The predicted molar refractivity (Wildman–Crippen MR) is 77.6 cm³/mol. The minimum atomic E-state index is -1.33. The van der Waals surface area contributed by atoms with Crippen LogP contribution in [0.25, 0.3) is 0 Å². The highest BCUT2D eigenvalue weighted by Gasteiger charge is 2.42. The molecular weight excluding hydrogens is 296 g/mol. The van der Waals surface area contributed by atoms with Crippen molar-refractivity contribution < 1.29 is 9.90 Å². The van der Waals surface area contributed by atoms with E-state index in [1.165, 1.54) is 10.9 Å². The minimum absolute atomic E-state index is 0.0741. The molecule has 2 heterocycles. The van der Waals surface area contributed by atoms with Crippen LogP contribution in [-0.4, -0.2) is 39.5 Å². The summed E-state index contributed by atoms with van der Waals surface area (Å²) in [5, 5.41) is 13.5. The van der Waals surface area contributed by atoms with Gasteiger partial charge in [-0.3, -0.25) is 9.59 Å². The van der Waals surface area contributed by atoms with E-state index in [4.69, 9.17) is 17.3 Å². The van der Waals surface area contributed by atoms with E-state index in [-0.39, 0.29) is 23.5 Å². The smallest absolute Gasteiger partial charge is 0.325 e. The molecule has 1 unspecified atom stereocenters. The monoisotopic (exact) mass is 312 g/mol. The zero-order chi connectivity index (χ0) is 15.2. The lowest BCUT2D eigenvalue weighted by Gasteiger charge is -2.22. The van der Waals surface area contributed by atoms with Crippen LogP contribution >= 0.6 is 11.6 Å². The first kappa shape index (κ1) is 14.3. The SMILES string of the molecule is NC1(C(=O)O)CCN(c2c(Cl)cnn(CC3CC3)c2=O)C1. The van der Waals surface area contributed by atoms with Gasteiger partial charge in [-0.2, -0.15) is 5.10 Å². The Morgan fingerprint density at radius 3 is 2.86 bits per heavy atom. The van der Waals surface area contributed by atoms with Gasteiger partial charge in [0, 0.05) is 19.6 Å². The fraction of sp³-hybridized carbons (Fsp3) is 0.615. The average Bonchev–Trinajstić information content (AvgIpc) is 3.15. The van der Waals surface area contributed by atoms with Gasteiger partial charge >= 0.3 is 5.97 Å². The summed E-state index contributed by atoms with van der Waals surface area (Å²) in [7, 11) is 0. The fourth-order valence-electron chi connectivity index (χ4n) is 2.62. The topological polar surface area (TPSA) is 101 Å². The number of halogens is 1. The Morgan fingerprint density at radius 1 is 1.57 bits per heavy atom. The number of aromatic nitrogens is 2. The quantitative estimate of drug-likeness (QED) is 0.829. The van der Waals surface area contributed by atoms with Crippen LogP contribution in [0.3, 0.4) is 0 Å². The lowest BCUT2D eigenvalue weighted by Crippen LogP contribution is -2.50. The largest absolute Gasteiger partial charge is 0.480 e. The third kappa shape index (κ3) is 2.63. The average molecular weight is 313 g/mol. The van der Waals surface area contributed by atoms with Gasteiger partial charge in [-0.25, -0.2) is 4.68 Å². The first-order valence-corrected chi connectivity index (χ1v) is 7.31. The lowest BCUT2D eigenvalue weighted by molar-refractivity contribution is -0.142. The predicted octanol–water partition coefficient (Wildman–Crippen LogP) is 0.299. The molecule has 0 aromatic carbocycles. The number of anilines is 1. The van der Waals surface area contributed by atoms with Crippen LogP contribution in [0.15, 0.2) is 11.0 Å². The molecule has 0 radical (unpaired) electrons. The number of hydrogen-bond acceptors (Lipinski definition) is 5. The number of aliphatic carboxylic acids is 1. The van der Waals surface area contributed by atoms with E-state index in [1.807, 2.05) is 0 Å². The maximum atomic E-state index is 12.5. The molecule has 21 heavy (non-hydrogen) atoms. The number of hydrogen-bond donors (Lipinski definition) is 2. The number of carboxylic acids is 1. The summed E-state index contributed by atoms with van der Waals surface area (Å²) in [6.45, 7) is 1.06. The second-order valence-electron chi connectivity index (χ2n) is 5.90. The van der Waals surface area contributed by atoms with Gasteiger partial charge in [0.25, 0.3) is 5.56 Å². The summed E-state index contributed by atoms with van der Waals surface area (Å²) < 4.78 is 1.41. The second kappa shape index (κ2) is 4.99. The Labute approximate surface area is 126 Å². The fourth-order valence-corrected chi connectivity index (χ4v) is 2.86. The molecule has 1 atom stereocenters. The summed E-state index contributed by atoms with van der Waals surface area (Å²) in [6, 6.07) is 0. The van der Waals surface area contributed by atoms with Gasteiger partial charge in [0.15, 0.2) is 0 Å². The van der Waals surface area contributed by atoms with Crippen molar-refractivity contribution in [1.82, 2.24) is 9.78 Å². The van der Waals surface area contributed by atoms with Gasteiger partial charge in [-0.05, 0) is 25.2 Å². The van der Waals surface area contributed by atoms with Gasteiger partial charge in [-0.15, -0.1) is 0 Å². The Bertz CT molecular complexity index is 643. The number of carboxylic acid groups (broad SMARTS) is 1. The molecule has 1 saturated heterocycles.